The van der Waals surface area contributed by atoms with Crippen LogP contribution in [0.4, 0.5) is 0 Å². The predicted octanol–water partition coefficient (Wildman–Crippen LogP) is 1.99. The minimum absolute atomic E-state index is 0.0675. The molecule has 1 saturated heterocycles. The second-order valence-electron chi connectivity index (χ2n) is 3.36. The molecular formula is C9H11ClN2OS. The van der Waals surface area contributed by atoms with E-state index in [0.29, 0.717) is 11.4 Å². The van der Waals surface area contributed by atoms with E-state index in [0.717, 1.165) is 19.4 Å². The van der Waals surface area contributed by atoms with E-state index in [1.807, 2.05) is 4.90 Å². The number of carbonyl (C=O) groups excluding carboxylic acids is 1. The van der Waals surface area contributed by atoms with E-state index in [1.165, 1.54) is 11.3 Å². The van der Waals surface area contributed by atoms with Crippen molar-refractivity contribution in [3.8, 4) is 0 Å². The maximum Gasteiger partial charge on any atom is 0.265 e. The first kappa shape index (κ1) is 9.93. The number of piperidine rings is 1. The first-order valence-corrected chi connectivity index (χ1v) is 5.91. The third kappa shape index (κ3) is 2.07. The molecule has 76 valence electrons. The molecule has 1 aliphatic heterocycles. The largest absolute Gasteiger partial charge is 0.336 e. The Hall–Kier alpha value is -0.610. The van der Waals surface area contributed by atoms with Gasteiger partial charge in [-0.1, -0.05) is 0 Å². The van der Waals surface area contributed by atoms with Crippen molar-refractivity contribution < 1.29 is 4.79 Å². The number of thiazole rings is 1. The summed E-state index contributed by atoms with van der Waals surface area (Å²) in [5, 5.41) is 0.112. The first-order chi connectivity index (χ1) is 6.77. The highest BCUT2D eigenvalue weighted by atomic mass is 35.5. The number of hydrogen-bond acceptors (Lipinski definition) is 3. The van der Waals surface area contributed by atoms with Crippen molar-refractivity contribution in [3.63, 3.8) is 0 Å². The van der Waals surface area contributed by atoms with Gasteiger partial charge in [0.25, 0.3) is 5.91 Å². The molecule has 0 bridgehead atoms. The first-order valence-electron chi connectivity index (χ1n) is 4.59. The third-order valence-electron chi connectivity index (χ3n) is 2.29. The van der Waals surface area contributed by atoms with Crippen LogP contribution in [-0.2, 0) is 0 Å². The normalized spacial score (nSPS) is 22.4. The molecule has 1 aromatic rings. The van der Waals surface area contributed by atoms with E-state index >= 15 is 0 Å². The maximum absolute atomic E-state index is 11.8. The molecule has 1 aromatic heterocycles. The Kier molecular flexibility index (Phi) is 3.03. The van der Waals surface area contributed by atoms with Gasteiger partial charge in [0.2, 0.25) is 0 Å². The van der Waals surface area contributed by atoms with Gasteiger partial charge in [0.15, 0.2) is 0 Å². The maximum atomic E-state index is 11.8. The summed E-state index contributed by atoms with van der Waals surface area (Å²) in [6, 6.07) is 0. The second kappa shape index (κ2) is 4.28. The summed E-state index contributed by atoms with van der Waals surface area (Å²) in [5.41, 5.74) is 1.68. The Morgan fingerprint density at radius 1 is 1.71 bits per heavy atom. The van der Waals surface area contributed by atoms with Crippen LogP contribution in [0.1, 0.15) is 22.5 Å². The van der Waals surface area contributed by atoms with Crippen molar-refractivity contribution in [2.75, 3.05) is 13.1 Å². The van der Waals surface area contributed by atoms with Crippen LogP contribution in [0.5, 0.6) is 0 Å². The average Bonchev–Trinajstić information content (AvgIpc) is 2.69. The quantitative estimate of drug-likeness (QED) is 0.692. The number of rotatable bonds is 1. The van der Waals surface area contributed by atoms with E-state index in [1.54, 1.807) is 11.7 Å². The van der Waals surface area contributed by atoms with Gasteiger partial charge in [0.05, 0.1) is 17.1 Å². The minimum atomic E-state index is 0.0675. The zero-order valence-corrected chi connectivity index (χ0v) is 9.22. The number of nitrogens with zero attached hydrogens (tertiary/aromatic N) is 2. The topological polar surface area (TPSA) is 33.2 Å². The molecule has 1 aliphatic rings. The van der Waals surface area contributed by atoms with Crippen LogP contribution in [-0.4, -0.2) is 34.3 Å². The molecule has 0 N–H and O–H groups in total. The SMILES string of the molecule is O=C(c1cncs1)N1CCCC(Cl)C1. The molecule has 1 atom stereocenters. The molecule has 1 fully saturated rings. The number of halogens is 1. The monoisotopic (exact) mass is 230 g/mol. The Morgan fingerprint density at radius 3 is 3.21 bits per heavy atom. The summed E-state index contributed by atoms with van der Waals surface area (Å²) < 4.78 is 0. The van der Waals surface area contributed by atoms with E-state index in [-0.39, 0.29) is 11.3 Å². The van der Waals surface area contributed by atoms with Gasteiger partial charge in [-0.15, -0.1) is 22.9 Å². The number of alkyl halides is 1. The smallest absolute Gasteiger partial charge is 0.265 e. The highest BCUT2D eigenvalue weighted by molar-refractivity contribution is 7.11. The van der Waals surface area contributed by atoms with Crippen LogP contribution >= 0.6 is 22.9 Å². The highest BCUT2D eigenvalue weighted by Gasteiger charge is 2.23. The van der Waals surface area contributed by atoms with Crippen LogP contribution in [0.15, 0.2) is 11.7 Å². The van der Waals surface area contributed by atoms with Gasteiger partial charge in [-0.05, 0) is 12.8 Å². The van der Waals surface area contributed by atoms with Crippen molar-refractivity contribution in [3.05, 3.63) is 16.6 Å². The van der Waals surface area contributed by atoms with Gasteiger partial charge in [0, 0.05) is 13.1 Å². The molecule has 2 heterocycles. The van der Waals surface area contributed by atoms with Gasteiger partial charge in [-0.3, -0.25) is 9.78 Å². The lowest BCUT2D eigenvalue weighted by molar-refractivity contribution is 0.0731. The molecule has 0 spiro atoms. The Labute approximate surface area is 91.7 Å². The second-order valence-corrected chi connectivity index (χ2v) is 4.86. The van der Waals surface area contributed by atoms with Crippen molar-refractivity contribution >= 4 is 28.8 Å². The standard InChI is InChI=1S/C9H11ClN2OS/c10-7-2-1-3-12(5-7)9(13)8-4-11-6-14-8/h4,6-7H,1-3,5H2. The summed E-state index contributed by atoms with van der Waals surface area (Å²) >= 11 is 7.39. The van der Waals surface area contributed by atoms with E-state index in [4.69, 9.17) is 11.6 Å². The molecule has 14 heavy (non-hydrogen) atoms. The molecule has 0 aliphatic carbocycles. The summed E-state index contributed by atoms with van der Waals surface area (Å²) in [6.45, 7) is 1.48. The van der Waals surface area contributed by atoms with Gasteiger partial charge in [-0.2, -0.15) is 0 Å². The minimum Gasteiger partial charge on any atom is -0.336 e. The van der Waals surface area contributed by atoms with Crippen molar-refractivity contribution in [2.45, 2.75) is 18.2 Å². The Bertz CT molecular complexity index is 315. The number of likely N-dealkylation sites (tertiary alicyclic amines) is 1. The lowest BCUT2D eigenvalue weighted by atomic mass is 10.1. The van der Waals surface area contributed by atoms with E-state index in [9.17, 15) is 4.79 Å². The molecule has 1 amide bonds. The molecule has 1 unspecified atom stereocenters. The molecule has 5 heteroatoms. The zero-order chi connectivity index (χ0) is 9.97. The Morgan fingerprint density at radius 2 is 2.57 bits per heavy atom. The summed E-state index contributed by atoms with van der Waals surface area (Å²) in [7, 11) is 0. The summed E-state index contributed by atoms with van der Waals surface area (Å²) in [4.78, 5) is 18.3. The number of aromatic nitrogens is 1. The third-order valence-corrected chi connectivity index (χ3v) is 3.41. The molecule has 0 saturated carbocycles. The van der Waals surface area contributed by atoms with Crippen molar-refractivity contribution in [1.82, 2.24) is 9.88 Å². The molecular weight excluding hydrogens is 220 g/mol. The van der Waals surface area contributed by atoms with Crippen LogP contribution in [0.3, 0.4) is 0 Å². The lowest BCUT2D eigenvalue weighted by Crippen LogP contribution is -2.40. The fraction of sp³-hybridized carbons (Fsp3) is 0.556. The van der Waals surface area contributed by atoms with Gasteiger partial charge < -0.3 is 4.90 Å². The molecule has 2 rings (SSSR count). The fourth-order valence-electron chi connectivity index (χ4n) is 1.59. The number of amides is 1. The Balaban J connectivity index is 2.04. The van der Waals surface area contributed by atoms with Gasteiger partial charge in [0.1, 0.15) is 4.88 Å². The van der Waals surface area contributed by atoms with Crippen LogP contribution in [0, 0.1) is 0 Å². The van der Waals surface area contributed by atoms with Crippen molar-refractivity contribution in [2.24, 2.45) is 0 Å². The van der Waals surface area contributed by atoms with Gasteiger partial charge in [-0.25, -0.2) is 0 Å². The zero-order valence-electron chi connectivity index (χ0n) is 7.65. The molecule has 3 nitrogen and oxygen atoms in total. The van der Waals surface area contributed by atoms with E-state index < -0.39 is 0 Å². The molecule has 0 radical (unpaired) electrons. The highest BCUT2D eigenvalue weighted by Crippen LogP contribution is 2.18. The molecule has 0 aromatic carbocycles. The predicted molar refractivity (Wildman–Crippen MR) is 56.9 cm³/mol. The van der Waals surface area contributed by atoms with Crippen molar-refractivity contribution in [1.29, 1.82) is 0 Å². The van der Waals surface area contributed by atoms with Gasteiger partial charge >= 0.3 is 0 Å². The summed E-state index contributed by atoms with van der Waals surface area (Å²) in [5.74, 6) is 0.0675. The lowest BCUT2D eigenvalue weighted by Gasteiger charge is -2.29. The van der Waals surface area contributed by atoms with Crippen LogP contribution < -0.4 is 0 Å². The van der Waals surface area contributed by atoms with Crippen LogP contribution in [0.25, 0.3) is 0 Å². The fourth-order valence-corrected chi connectivity index (χ4v) is 2.49. The van der Waals surface area contributed by atoms with Crippen LogP contribution in [0.2, 0.25) is 0 Å². The number of carbonyl (C=O) groups is 1. The average molecular weight is 231 g/mol. The van der Waals surface area contributed by atoms with E-state index in [2.05, 4.69) is 4.98 Å². The number of hydrogen-bond donors (Lipinski definition) is 0. The summed E-state index contributed by atoms with van der Waals surface area (Å²) in [6.07, 6.45) is 3.62.